The van der Waals surface area contributed by atoms with Gasteiger partial charge in [0.2, 0.25) is 0 Å². The lowest BCUT2D eigenvalue weighted by Crippen LogP contribution is -2.31. The highest BCUT2D eigenvalue weighted by Crippen LogP contribution is 2.36. The van der Waals surface area contributed by atoms with Crippen LogP contribution in [0.4, 0.5) is 5.69 Å². The molecule has 3 N–H and O–H groups in total. The maximum atomic E-state index is 12.9. The van der Waals surface area contributed by atoms with E-state index in [1.54, 1.807) is 43.5 Å². The van der Waals surface area contributed by atoms with E-state index in [2.05, 4.69) is 67.4 Å². The largest absolute Gasteiger partial charge is 0.506 e. The summed E-state index contributed by atoms with van der Waals surface area (Å²) >= 11 is 4.56. The van der Waals surface area contributed by atoms with Gasteiger partial charge in [0, 0.05) is 6.04 Å². The van der Waals surface area contributed by atoms with Crippen molar-refractivity contribution in [1.82, 2.24) is 5.32 Å². The third-order valence-electron chi connectivity index (χ3n) is 5.70. The molecule has 0 spiro atoms. The molecule has 3 aromatic rings. The molecule has 0 saturated heterocycles. The zero-order valence-corrected chi connectivity index (χ0v) is 23.3. The molecule has 0 fully saturated rings. The maximum absolute atomic E-state index is 12.9. The molecule has 3 aromatic carbocycles. The second-order valence-corrected chi connectivity index (χ2v) is 12.0. The van der Waals surface area contributed by atoms with Crippen LogP contribution >= 0.6 is 45.2 Å². The molecule has 33 heavy (non-hydrogen) atoms. The number of aryl methyl sites for hydroxylation is 1. The fourth-order valence-electron chi connectivity index (χ4n) is 4.03. The fraction of sp³-hybridized carbons (Fsp3) is 0.250. The van der Waals surface area contributed by atoms with Gasteiger partial charge in [0.25, 0.3) is 10.0 Å². The molecular weight excluding hydrogens is 666 g/mol. The minimum atomic E-state index is -3.82. The number of fused-ring (bicyclic) bond motifs is 1. The van der Waals surface area contributed by atoms with Crippen molar-refractivity contribution in [1.29, 1.82) is 0 Å². The van der Waals surface area contributed by atoms with E-state index in [0.29, 0.717) is 0 Å². The highest BCUT2D eigenvalue weighted by atomic mass is 127. The molecule has 0 amide bonds. The Morgan fingerprint density at radius 2 is 1.79 bits per heavy atom. The van der Waals surface area contributed by atoms with Crippen LogP contribution in [0.15, 0.2) is 53.4 Å². The number of methoxy groups -OCH3 is 1. The molecule has 4 rings (SSSR count). The van der Waals surface area contributed by atoms with Crippen molar-refractivity contribution < 1.29 is 18.3 Å². The van der Waals surface area contributed by atoms with Gasteiger partial charge in [-0.3, -0.25) is 4.72 Å². The summed E-state index contributed by atoms with van der Waals surface area (Å²) in [6, 6.07) is 14.3. The molecule has 0 radical (unpaired) electrons. The summed E-state index contributed by atoms with van der Waals surface area (Å²) in [4.78, 5) is 0.155. The number of sulfonamides is 1. The molecule has 0 unspecified atom stereocenters. The summed E-state index contributed by atoms with van der Waals surface area (Å²) < 4.78 is 35.9. The first-order valence-electron chi connectivity index (χ1n) is 10.4. The first-order chi connectivity index (χ1) is 15.7. The quantitative estimate of drug-likeness (QED) is 0.246. The highest BCUT2D eigenvalue weighted by Gasteiger charge is 2.24. The number of benzene rings is 3. The number of rotatable bonds is 6. The summed E-state index contributed by atoms with van der Waals surface area (Å²) in [6.07, 6.45) is 1.50. The number of hydrogen-bond acceptors (Lipinski definition) is 5. The van der Waals surface area contributed by atoms with Crippen LogP contribution in [0.1, 0.15) is 28.3 Å². The predicted octanol–water partition coefficient (Wildman–Crippen LogP) is 5.15. The molecule has 0 saturated carbocycles. The van der Waals surface area contributed by atoms with Gasteiger partial charge in [0.15, 0.2) is 0 Å². The smallest absolute Gasteiger partial charge is 0.262 e. The summed E-state index contributed by atoms with van der Waals surface area (Å²) in [5, 5.41) is 14.1. The van der Waals surface area contributed by atoms with E-state index in [1.165, 1.54) is 0 Å². The molecular formula is C24H24I2N2O4S. The summed E-state index contributed by atoms with van der Waals surface area (Å²) in [6.45, 7) is 2.69. The first kappa shape index (κ1) is 24.6. The average molecular weight is 690 g/mol. The first-order valence-corrected chi connectivity index (χ1v) is 14.0. The zero-order valence-electron chi connectivity index (χ0n) is 18.2. The van der Waals surface area contributed by atoms with E-state index in [0.717, 1.165) is 54.5 Å². The molecule has 1 aliphatic heterocycles. The van der Waals surface area contributed by atoms with Gasteiger partial charge in [-0.25, -0.2) is 8.42 Å². The maximum Gasteiger partial charge on any atom is 0.262 e. The van der Waals surface area contributed by atoms with Gasteiger partial charge in [-0.05, 0) is 125 Å². The molecule has 6 nitrogen and oxygen atoms in total. The van der Waals surface area contributed by atoms with Crippen molar-refractivity contribution in [2.24, 2.45) is 0 Å². The SMILES string of the molecule is COc1c(I)cc(C[C@@H]2NCCc3cc(O)c(NS(=O)(=O)c4ccc(C)cc4)cc32)cc1I. The van der Waals surface area contributed by atoms with Crippen molar-refractivity contribution in [3.63, 3.8) is 0 Å². The Morgan fingerprint density at radius 1 is 1.12 bits per heavy atom. The molecule has 0 bridgehead atoms. The third kappa shape index (κ3) is 5.41. The monoisotopic (exact) mass is 690 g/mol. The van der Waals surface area contributed by atoms with Crippen LogP contribution in [0.3, 0.4) is 0 Å². The van der Waals surface area contributed by atoms with Crippen LogP contribution in [0, 0.1) is 14.1 Å². The Labute approximate surface area is 221 Å². The Balaban J connectivity index is 1.65. The number of phenols is 1. The molecule has 1 atom stereocenters. The lowest BCUT2D eigenvalue weighted by Gasteiger charge is -2.28. The molecule has 0 aromatic heterocycles. The topological polar surface area (TPSA) is 87.7 Å². The van der Waals surface area contributed by atoms with Gasteiger partial charge in [-0.2, -0.15) is 0 Å². The van der Waals surface area contributed by atoms with Crippen LogP contribution in [0.2, 0.25) is 0 Å². The van der Waals surface area contributed by atoms with E-state index in [4.69, 9.17) is 4.74 Å². The van der Waals surface area contributed by atoms with Crippen LogP contribution < -0.4 is 14.8 Å². The number of anilines is 1. The standard InChI is InChI=1S/C24H24I2N2O4S/c1-14-3-5-17(6-4-14)33(30,31)28-22-13-18-16(12-23(22)29)7-8-27-21(18)11-15-9-19(25)24(32-2)20(26)10-15/h3-6,9-10,12-13,21,27-29H,7-8,11H2,1-2H3/t21-/m0/s1. The third-order valence-corrected chi connectivity index (χ3v) is 8.68. The number of halogens is 2. The summed E-state index contributed by atoms with van der Waals surface area (Å²) in [5.41, 5.74) is 4.32. The van der Waals surface area contributed by atoms with E-state index in [1.807, 2.05) is 6.92 Å². The minimum Gasteiger partial charge on any atom is -0.506 e. The second kappa shape index (κ2) is 9.96. The van der Waals surface area contributed by atoms with E-state index in [9.17, 15) is 13.5 Å². The normalized spacial score (nSPS) is 15.7. The zero-order chi connectivity index (χ0) is 23.8. The van der Waals surface area contributed by atoms with Crippen molar-refractivity contribution in [3.05, 3.63) is 77.9 Å². The molecule has 174 valence electrons. The van der Waals surface area contributed by atoms with Gasteiger partial charge >= 0.3 is 0 Å². The van der Waals surface area contributed by atoms with E-state index in [-0.39, 0.29) is 22.4 Å². The van der Waals surface area contributed by atoms with Crippen molar-refractivity contribution in [3.8, 4) is 11.5 Å². The fourth-order valence-corrected chi connectivity index (χ4v) is 7.43. The van der Waals surface area contributed by atoms with Gasteiger partial charge < -0.3 is 15.2 Å². The Morgan fingerprint density at radius 3 is 2.42 bits per heavy atom. The number of phenolic OH excluding ortho intramolecular Hbond substituents is 1. The van der Waals surface area contributed by atoms with E-state index >= 15 is 0 Å². The van der Waals surface area contributed by atoms with Gasteiger partial charge in [-0.15, -0.1) is 0 Å². The predicted molar refractivity (Wildman–Crippen MR) is 147 cm³/mol. The Bertz CT molecular complexity index is 1270. The lowest BCUT2D eigenvalue weighted by molar-refractivity contribution is 0.408. The van der Waals surface area contributed by atoms with Crippen LogP contribution in [0.5, 0.6) is 11.5 Å². The molecule has 1 heterocycles. The highest BCUT2D eigenvalue weighted by molar-refractivity contribution is 14.1. The van der Waals surface area contributed by atoms with Gasteiger partial charge in [0.1, 0.15) is 11.5 Å². The number of nitrogens with one attached hydrogen (secondary N) is 2. The number of hydrogen-bond donors (Lipinski definition) is 3. The Hall–Kier alpha value is -1.57. The number of aromatic hydroxyl groups is 1. The summed E-state index contributed by atoms with van der Waals surface area (Å²) in [7, 11) is -2.15. The van der Waals surface area contributed by atoms with Crippen molar-refractivity contribution in [2.75, 3.05) is 18.4 Å². The van der Waals surface area contributed by atoms with Crippen LogP contribution in [0.25, 0.3) is 0 Å². The molecule has 1 aliphatic rings. The van der Waals surface area contributed by atoms with Crippen LogP contribution in [-0.4, -0.2) is 27.2 Å². The second-order valence-electron chi connectivity index (χ2n) is 8.04. The van der Waals surface area contributed by atoms with Crippen molar-refractivity contribution in [2.45, 2.75) is 30.7 Å². The number of ether oxygens (including phenoxy) is 1. The average Bonchev–Trinajstić information content (AvgIpc) is 2.75. The van der Waals surface area contributed by atoms with Gasteiger partial charge in [-0.1, -0.05) is 17.7 Å². The van der Waals surface area contributed by atoms with Crippen molar-refractivity contribution >= 4 is 60.9 Å². The lowest BCUT2D eigenvalue weighted by atomic mass is 9.89. The minimum absolute atomic E-state index is 0.00280. The van der Waals surface area contributed by atoms with Crippen LogP contribution in [-0.2, 0) is 22.9 Å². The molecule has 0 aliphatic carbocycles. The molecule has 9 heteroatoms. The van der Waals surface area contributed by atoms with E-state index < -0.39 is 10.0 Å². The summed E-state index contributed by atoms with van der Waals surface area (Å²) in [5.74, 6) is 0.799. The van der Waals surface area contributed by atoms with Gasteiger partial charge in [0.05, 0.1) is 24.8 Å². The Kier molecular flexibility index (Phi) is 7.41.